The van der Waals surface area contributed by atoms with E-state index in [-0.39, 0.29) is 19.1 Å². The van der Waals surface area contributed by atoms with Gasteiger partial charge >= 0.3 is 0 Å². The second kappa shape index (κ2) is 6.98. The Balaban J connectivity index is 2.41. The van der Waals surface area contributed by atoms with Crippen molar-refractivity contribution in [3.05, 3.63) is 0 Å². The van der Waals surface area contributed by atoms with E-state index in [4.69, 9.17) is 14.6 Å². The number of hydrogen-bond donors (Lipinski definition) is 5. The van der Waals surface area contributed by atoms with Gasteiger partial charge in [-0.05, 0) is 0 Å². The van der Waals surface area contributed by atoms with Gasteiger partial charge in [-0.2, -0.15) is 0 Å². The minimum atomic E-state index is -1.46. The lowest BCUT2D eigenvalue weighted by Gasteiger charge is -2.39. The van der Waals surface area contributed by atoms with Crippen LogP contribution >= 0.6 is 0 Å². The van der Waals surface area contributed by atoms with Crippen LogP contribution in [0, 0.1) is 0 Å². The Hall–Kier alpha value is -0.770. The van der Waals surface area contributed by atoms with E-state index in [1.165, 1.54) is 6.92 Å². The zero-order chi connectivity index (χ0) is 13.7. The summed E-state index contributed by atoms with van der Waals surface area (Å²) in [5, 5.41) is 40.0. The maximum atomic E-state index is 10.6. The van der Waals surface area contributed by atoms with Crippen LogP contribution in [-0.4, -0.2) is 76.8 Å². The third-order valence-corrected chi connectivity index (χ3v) is 2.61. The normalized spacial score (nSPS) is 36.4. The fourth-order valence-corrected chi connectivity index (χ4v) is 1.61. The van der Waals surface area contributed by atoms with Crippen molar-refractivity contribution in [3.8, 4) is 0 Å². The third kappa shape index (κ3) is 3.87. The molecule has 8 nitrogen and oxygen atoms in total. The minimum absolute atomic E-state index is 0.0717. The van der Waals surface area contributed by atoms with E-state index in [0.29, 0.717) is 0 Å². The molecule has 1 saturated heterocycles. The number of aliphatic hydroxyl groups is 4. The van der Waals surface area contributed by atoms with Crippen LogP contribution in [0.1, 0.15) is 6.92 Å². The highest BCUT2D eigenvalue weighted by Gasteiger charge is 2.43. The number of hydrogen-bond acceptors (Lipinski definition) is 7. The largest absolute Gasteiger partial charge is 0.394 e. The summed E-state index contributed by atoms with van der Waals surface area (Å²) in [4.78, 5) is 10.6. The van der Waals surface area contributed by atoms with Crippen molar-refractivity contribution in [1.82, 2.24) is 5.32 Å². The Morgan fingerprint density at radius 1 is 1.28 bits per heavy atom. The van der Waals surface area contributed by atoms with E-state index >= 15 is 0 Å². The van der Waals surface area contributed by atoms with Crippen molar-refractivity contribution < 1.29 is 34.7 Å². The molecule has 106 valence electrons. The highest BCUT2D eigenvalue weighted by molar-refractivity contribution is 5.72. The summed E-state index contributed by atoms with van der Waals surface area (Å²) >= 11 is 0. The number of ether oxygens (including phenoxy) is 2. The van der Waals surface area contributed by atoms with E-state index in [2.05, 4.69) is 5.32 Å². The van der Waals surface area contributed by atoms with E-state index in [1.54, 1.807) is 0 Å². The average molecular weight is 265 g/mol. The first kappa shape index (κ1) is 15.3. The first-order valence-corrected chi connectivity index (χ1v) is 5.64. The molecule has 0 aliphatic carbocycles. The van der Waals surface area contributed by atoms with Gasteiger partial charge < -0.3 is 35.2 Å². The molecule has 1 fully saturated rings. The molecule has 1 aliphatic rings. The summed E-state index contributed by atoms with van der Waals surface area (Å²) in [6, 6.07) is 0. The monoisotopic (exact) mass is 265 g/mol. The molecule has 0 aromatic carbocycles. The Bertz CT molecular complexity index is 273. The molecule has 1 aliphatic heterocycles. The summed E-state index contributed by atoms with van der Waals surface area (Å²) in [7, 11) is 0. The van der Waals surface area contributed by atoms with E-state index in [1.807, 2.05) is 0 Å². The van der Waals surface area contributed by atoms with Crippen molar-refractivity contribution in [1.29, 1.82) is 0 Å². The fourth-order valence-electron chi connectivity index (χ4n) is 1.61. The number of aliphatic hydroxyl groups excluding tert-OH is 4. The Morgan fingerprint density at radius 2 is 1.94 bits per heavy atom. The van der Waals surface area contributed by atoms with Crippen LogP contribution in [0.25, 0.3) is 0 Å². The zero-order valence-corrected chi connectivity index (χ0v) is 10.0. The van der Waals surface area contributed by atoms with Gasteiger partial charge in [-0.25, -0.2) is 0 Å². The van der Waals surface area contributed by atoms with Gasteiger partial charge in [0.15, 0.2) is 6.29 Å². The average Bonchev–Trinajstić information content (AvgIpc) is 2.34. The first-order valence-electron chi connectivity index (χ1n) is 5.64. The lowest BCUT2D eigenvalue weighted by Crippen LogP contribution is -2.59. The summed E-state index contributed by atoms with van der Waals surface area (Å²) < 4.78 is 10.2. The van der Waals surface area contributed by atoms with Crippen LogP contribution in [-0.2, 0) is 14.3 Å². The number of carbonyl (C=O) groups is 1. The molecule has 5 atom stereocenters. The zero-order valence-electron chi connectivity index (χ0n) is 10.0. The topological polar surface area (TPSA) is 128 Å². The summed E-state index contributed by atoms with van der Waals surface area (Å²) in [5.41, 5.74) is 0. The van der Waals surface area contributed by atoms with E-state index < -0.39 is 37.3 Å². The van der Waals surface area contributed by atoms with Crippen LogP contribution in [0.5, 0.6) is 0 Å². The van der Waals surface area contributed by atoms with Crippen LogP contribution in [0.15, 0.2) is 0 Å². The van der Waals surface area contributed by atoms with Gasteiger partial charge in [-0.15, -0.1) is 0 Å². The molecular weight excluding hydrogens is 246 g/mol. The molecule has 8 heteroatoms. The standard InChI is InChI=1S/C10H19NO7/c1-5(13)11-2-3-17-10-9(16)8(15)7(14)6(4-12)18-10/h6-10,12,14-16H,2-4H2,1H3,(H,11,13)/t6-,7-,8+,9+,10+/m1/s1. The maximum Gasteiger partial charge on any atom is 0.216 e. The fraction of sp³-hybridized carbons (Fsp3) is 0.900. The molecule has 0 bridgehead atoms. The summed E-state index contributed by atoms with van der Waals surface area (Å²) in [6.07, 6.45) is -6.43. The molecule has 0 spiro atoms. The highest BCUT2D eigenvalue weighted by Crippen LogP contribution is 2.21. The predicted octanol–water partition coefficient (Wildman–Crippen LogP) is -3.06. The second-order valence-corrected chi connectivity index (χ2v) is 4.05. The number of carbonyl (C=O) groups excluding carboxylic acids is 1. The van der Waals surface area contributed by atoms with Crippen LogP contribution < -0.4 is 5.32 Å². The minimum Gasteiger partial charge on any atom is -0.394 e. The number of rotatable bonds is 5. The van der Waals surface area contributed by atoms with Gasteiger partial charge in [0.05, 0.1) is 13.2 Å². The summed E-state index contributed by atoms with van der Waals surface area (Å²) in [5.74, 6) is -0.215. The molecule has 0 saturated carbocycles. The van der Waals surface area contributed by atoms with Crippen LogP contribution in [0.2, 0.25) is 0 Å². The maximum absolute atomic E-state index is 10.6. The van der Waals surface area contributed by atoms with Crippen molar-refractivity contribution >= 4 is 5.91 Å². The smallest absolute Gasteiger partial charge is 0.216 e. The Labute approximate surface area is 104 Å². The molecule has 1 rings (SSSR count). The van der Waals surface area contributed by atoms with Gasteiger partial charge in [0, 0.05) is 13.5 Å². The van der Waals surface area contributed by atoms with Gasteiger partial charge in [-0.1, -0.05) is 0 Å². The number of nitrogens with one attached hydrogen (secondary N) is 1. The molecule has 1 heterocycles. The second-order valence-electron chi connectivity index (χ2n) is 4.05. The molecule has 0 unspecified atom stereocenters. The van der Waals surface area contributed by atoms with E-state index in [9.17, 15) is 20.1 Å². The molecular formula is C10H19NO7. The molecule has 0 aromatic heterocycles. The highest BCUT2D eigenvalue weighted by atomic mass is 16.7. The van der Waals surface area contributed by atoms with Gasteiger partial charge in [0.1, 0.15) is 24.4 Å². The predicted molar refractivity (Wildman–Crippen MR) is 58.4 cm³/mol. The molecule has 0 aromatic rings. The van der Waals surface area contributed by atoms with Gasteiger partial charge in [0.25, 0.3) is 0 Å². The molecule has 1 amide bonds. The van der Waals surface area contributed by atoms with Crippen molar-refractivity contribution in [2.75, 3.05) is 19.8 Å². The third-order valence-electron chi connectivity index (χ3n) is 2.61. The van der Waals surface area contributed by atoms with Crippen LogP contribution in [0.3, 0.4) is 0 Å². The van der Waals surface area contributed by atoms with Crippen molar-refractivity contribution in [3.63, 3.8) is 0 Å². The SMILES string of the molecule is CC(=O)NCCO[C@H]1O[C@H](CO)[C@@H](O)[C@H](O)[C@@H]1O. The lowest BCUT2D eigenvalue weighted by molar-refractivity contribution is -0.300. The molecule has 18 heavy (non-hydrogen) atoms. The van der Waals surface area contributed by atoms with E-state index in [0.717, 1.165) is 0 Å². The molecule has 0 radical (unpaired) electrons. The first-order chi connectivity index (χ1) is 8.47. The van der Waals surface area contributed by atoms with Gasteiger partial charge in [0.2, 0.25) is 5.91 Å². The van der Waals surface area contributed by atoms with Crippen molar-refractivity contribution in [2.24, 2.45) is 0 Å². The lowest BCUT2D eigenvalue weighted by atomic mass is 9.99. The molecule has 5 N–H and O–H groups in total. The summed E-state index contributed by atoms with van der Waals surface area (Å²) in [6.45, 7) is 1.15. The Morgan fingerprint density at radius 3 is 2.50 bits per heavy atom. The van der Waals surface area contributed by atoms with Crippen LogP contribution in [0.4, 0.5) is 0 Å². The van der Waals surface area contributed by atoms with Gasteiger partial charge in [-0.3, -0.25) is 4.79 Å². The van der Waals surface area contributed by atoms with Crippen molar-refractivity contribution in [2.45, 2.75) is 37.6 Å². The Kier molecular flexibility index (Phi) is 5.93. The number of amides is 1. The quantitative estimate of drug-likeness (QED) is 0.334.